The number of aryl methyl sites for hydroxylation is 1. The molecule has 2 rings (SSSR count). The van der Waals surface area contributed by atoms with Gasteiger partial charge in [0, 0.05) is 5.69 Å². The van der Waals surface area contributed by atoms with Crippen LogP contribution >= 0.6 is 15.9 Å². The number of guanidine groups is 1. The third kappa shape index (κ3) is 3.99. The van der Waals surface area contributed by atoms with E-state index >= 15 is 0 Å². The summed E-state index contributed by atoms with van der Waals surface area (Å²) in [7, 11) is 0. The minimum absolute atomic E-state index is 0.212. The number of hydrogen-bond donors (Lipinski definition) is 3. The van der Waals surface area contributed by atoms with Crippen LogP contribution in [0.3, 0.4) is 0 Å². The summed E-state index contributed by atoms with van der Waals surface area (Å²) in [5.41, 5.74) is 8.90. The highest BCUT2D eigenvalue weighted by atomic mass is 79.9. The second kappa shape index (κ2) is 6.43. The first-order chi connectivity index (χ1) is 9.54. The van der Waals surface area contributed by atoms with Gasteiger partial charge in [0.1, 0.15) is 5.75 Å². The Morgan fingerprint density at radius 2 is 1.95 bits per heavy atom. The topological polar surface area (TPSA) is 70.6 Å². The monoisotopic (exact) mass is 333 g/mol. The Morgan fingerprint density at radius 1 is 1.25 bits per heavy atom. The summed E-state index contributed by atoms with van der Waals surface area (Å²) in [4.78, 5) is 4.26. The third-order valence-electron chi connectivity index (χ3n) is 2.77. The normalized spacial score (nSPS) is 11.4. The number of benzene rings is 2. The summed E-state index contributed by atoms with van der Waals surface area (Å²) in [5.74, 6) is 0.571. The number of hydrogen-bond acceptors (Lipinski definition) is 2. The van der Waals surface area contributed by atoms with Gasteiger partial charge in [0.25, 0.3) is 0 Å². The van der Waals surface area contributed by atoms with Crippen LogP contribution < -0.4 is 11.1 Å². The van der Waals surface area contributed by atoms with Crippen molar-refractivity contribution in [3.05, 3.63) is 58.1 Å². The molecular formula is C15H16BrN3O. The Kier molecular flexibility index (Phi) is 4.63. The number of phenolic OH excluding ortho intramolecular Hbond substituents is 1. The number of halogens is 1. The van der Waals surface area contributed by atoms with Crippen molar-refractivity contribution in [3.8, 4) is 5.75 Å². The molecule has 0 aliphatic rings. The molecule has 0 bridgehead atoms. The standard InChI is InChI=1S/C15H16BrN3O/c1-10-2-5-12(6-3-10)19-15(17)18-9-11-4-7-14(20)13(16)8-11/h2-8,20H,9H2,1H3,(H3,17,18,19). The van der Waals surface area contributed by atoms with E-state index in [1.54, 1.807) is 6.07 Å². The van der Waals surface area contributed by atoms with Crippen LogP contribution in [0.25, 0.3) is 0 Å². The van der Waals surface area contributed by atoms with Crippen LogP contribution in [0.2, 0.25) is 0 Å². The highest BCUT2D eigenvalue weighted by Gasteiger charge is 2.00. The molecule has 0 aliphatic heterocycles. The van der Waals surface area contributed by atoms with Crippen molar-refractivity contribution in [2.75, 3.05) is 5.32 Å². The Bertz CT molecular complexity index is 624. The molecule has 0 aliphatic carbocycles. The van der Waals surface area contributed by atoms with E-state index in [4.69, 9.17) is 5.73 Å². The van der Waals surface area contributed by atoms with Crippen LogP contribution in [-0.4, -0.2) is 11.1 Å². The molecule has 0 radical (unpaired) electrons. The maximum Gasteiger partial charge on any atom is 0.193 e. The Labute approximate surface area is 126 Å². The highest BCUT2D eigenvalue weighted by molar-refractivity contribution is 9.10. The van der Waals surface area contributed by atoms with Crippen molar-refractivity contribution in [2.45, 2.75) is 13.5 Å². The number of nitrogens with one attached hydrogen (secondary N) is 1. The van der Waals surface area contributed by atoms with E-state index in [2.05, 4.69) is 26.2 Å². The van der Waals surface area contributed by atoms with E-state index < -0.39 is 0 Å². The van der Waals surface area contributed by atoms with Crippen LogP contribution in [-0.2, 0) is 6.54 Å². The van der Waals surface area contributed by atoms with Crippen molar-refractivity contribution in [1.82, 2.24) is 0 Å². The molecule has 0 saturated carbocycles. The maximum atomic E-state index is 9.42. The maximum absolute atomic E-state index is 9.42. The van der Waals surface area contributed by atoms with Gasteiger partial charge < -0.3 is 16.2 Å². The largest absolute Gasteiger partial charge is 0.507 e. The Balaban J connectivity index is 1.99. The van der Waals surface area contributed by atoms with Gasteiger partial charge in [-0.2, -0.15) is 0 Å². The Morgan fingerprint density at radius 3 is 2.60 bits per heavy atom. The lowest BCUT2D eigenvalue weighted by Gasteiger charge is -2.06. The molecule has 4 N–H and O–H groups in total. The summed E-state index contributed by atoms with van der Waals surface area (Å²) < 4.78 is 0.648. The van der Waals surface area contributed by atoms with Crippen molar-refractivity contribution in [1.29, 1.82) is 0 Å². The number of nitrogens with zero attached hydrogens (tertiary/aromatic N) is 1. The molecule has 0 unspecified atom stereocenters. The molecule has 0 heterocycles. The molecule has 0 spiro atoms. The molecule has 0 amide bonds. The fraction of sp³-hybridized carbons (Fsp3) is 0.133. The lowest BCUT2D eigenvalue weighted by Crippen LogP contribution is -2.22. The van der Waals surface area contributed by atoms with E-state index in [9.17, 15) is 5.11 Å². The van der Waals surface area contributed by atoms with Gasteiger partial charge in [-0.3, -0.25) is 0 Å². The number of aliphatic imine (C=N–C) groups is 1. The second-order valence-corrected chi connectivity index (χ2v) is 5.33. The number of anilines is 1. The molecule has 20 heavy (non-hydrogen) atoms. The summed E-state index contributed by atoms with van der Waals surface area (Å²) in [5, 5.41) is 12.5. The first-order valence-electron chi connectivity index (χ1n) is 6.15. The van der Waals surface area contributed by atoms with Crippen molar-refractivity contribution in [3.63, 3.8) is 0 Å². The number of rotatable bonds is 3. The second-order valence-electron chi connectivity index (χ2n) is 4.48. The number of aromatic hydroxyl groups is 1. The van der Waals surface area contributed by atoms with Crippen LogP contribution in [0.1, 0.15) is 11.1 Å². The molecule has 5 heteroatoms. The van der Waals surface area contributed by atoms with E-state index in [1.165, 1.54) is 5.56 Å². The van der Waals surface area contributed by atoms with Crippen molar-refractivity contribution >= 4 is 27.6 Å². The van der Waals surface area contributed by atoms with E-state index in [1.807, 2.05) is 43.3 Å². The first kappa shape index (κ1) is 14.4. The van der Waals surface area contributed by atoms with Crippen molar-refractivity contribution < 1.29 is 5.11 Å². The fourth-order valence-corrected chi connectivity index (χ4v) is 2.08. The van der Waals surface area contributed by atoms with Gasteiger partial charge in [-0.05, 0) is 52.7 Å². The molecular weight excluding hydrogens is 318 g/mol. The van der Waals surface area contributed by atoms with Gasteiger partial charge in [0.05, 0.1) is 11.0 Å². The highest BCUT2D eigenvalue weighted by Crippen LogP contribution is 2.24. The minimum atomic E-state index is 0.212. The number of phenols is 1. The molecule has 104 valence electrons. The van der Waals surface area contributed by atoms with Crippen LogP contribution in [0.4, 0.5) is 5.69 Å². The van der Waals surface area contributed by atoms with Gasteiger partial charge in [-0.25, -0.2) is 4.99 Å². The third-order valence-corrected chi connectivity index (χ3v) is 3.40. The van der Waals surface area contributed by atoms with Gasteiger partial charge in [-0.1, -0.05) is 23.8 Å². The Hall–Kier alpha value is -2.01. The molecule has 2 aromatic carbocycles. The molecule has 4 nitrogen and oxygen atoms in total. The van der Waals surface area contributed by atoms with Gasteiger partial charge in [0.2, 0.25) is 0 Å². The van der Waals surface area contributed by atoms with Crippen LogP contribution in [0.5, 0.6) is 5.75 Å². The van der Waals surface area contributed by atoms with Gasteiger partial charge in [-0.15, -0.1) is 0 Å². The summed E-state index contributed by atoms with van der Waals surface area (Å²) >= 11 is 3.27. The predicted molar refractivity (Wildman–Crippen MR) is 85.9 cm³/mol. The molecule has 0 atom stereocenters. The van der Waals surface area contributed by atoms with E-state index in [0.717, 1.165) is 11.3 Å². The zero-order valence-electron chi connectivity index (χ0n) is 11.1. The van der Waals surface area contributed by atoms with E-state index in [-0.39, 0.29) is 5.75 Å². The van der Waals surface area contributed by atoms with Crippen LogP contribution in [0.15, 0.2) is 51.9 Å². The summed E-state index contributed by atoms with van der Waals surface area (Å²) in [6.45, 7) is 2.48. The molecule has 0 aromatic heterocycles. The quantitative estimate of drug-likeness (QED) is 0.595. The average Bonchev–Trinajstić information content (AvgIpc) is 2.43. The van der Waals surface area contributed by atoms with Gasteiger partial charge >= 0.3 is 0 Å². The van der Waals surface area contributed by atoms with Gasteiger partial charge in [0.15, 0.2) is 5.96 Å². The summed E-state index contributed by atoms with van der Waals surface area (Å²) in [6, 6.07) is 13.2. The molecule has 0 fully saturated rings. The smallest absolute Gasteiger partial charge is 0.193 e. The average molecular weight is 334 g/mol. The first-order valence-corrected chi connectivity index (χ1v) is 6.95. The molecule has 2 aromatic rings. The summed E-state index contributed by atoms with van der Waals surface area (Å²) in [6.07, 6.45) is 0. The lowest BCUT2D eigenvalue weighted by atomic mass is 10.2. The zero-order valence-corrected chi connectivity index (χ0v) is 12.7. The van der Waals surface area contributed by atoms with Crippen LogP contribution in [0, 0.1) is 6.92 Å². The number of nitrogens with two attached hydrogens (primary N) is 1. The zero-order chi connectivity index (χ0) is 14.5. The van der Waals surface area contributed by atoms with E-state index in [0.29, 0.717) is 17.0 Å². The predicted octanol–water partition coefficient (Wildman–Crippen LogP) is 3.39. The SMILES string of the molecule is Cc1ccc(NC(N)=NCc2ccc(O)c(Br)c2)cc1. The minimum Gasteiger partial charge on any atom is -0.507 e. The lowest BCUT2D eigenvalue weighted by molar-refractivity contribution is 0.471. The molecule has 0 saturated heterocycles. The van der Waals surface area contributed by atoms with Crippen molar-refractivity contribution in [2.24, 2.45) is 10.7 Å². The fourth-order valence-electron chi connectivity index (χ4n) is 1.65.